The van der Waals surface area contributed by atoms with Crippen LogP contribution in [0, 0.1) is 0 Å². The Kier molecular flexibility index (Phi) is 5.54. The molecule has 1 aromatic heterocycles. The van der Waals surface area contributed by atoms with Gasteiger partial charge in [-0.2, -0.15) is 0 Å². The molecule has 0 fully saturated rings. The second kappa shape index (κ2) is 6.68. The minimum atomic E-state index is -1.00. The van der Waals surface area contributed by atoms with Gasteiger partial charge in [0.1, 0.15) is 6.10 Å². The lowest BCUT2D eigenvalue weighted by Crippen LogP contribution is -2.18. The summed E-state index contributed by atoms with van der Waals surface area (Å²) < 4.78 is 0. The van der Waals surface area contributed by atoms with E-state index in [9.17, 15) is 15.0 Å². The Bertz CT molecular complexity index is 368. The molecule has 3 N–H and O–H groups in total. The first-order chi connectivity index (χ1) is 8.04. The molecule has 6 heteroatoms. The minimum Gasteiger partial charge on any atom is -0.481 e. The van der Waals surface area contributed by atoms with E-state index in [2.05, 4.69) is 20.9 Å². The summed E-state index contributed by atoms with van der Waals surface area (Å²) in [4.78, 5) is 14.4. The van der Waals surface area contributed by atoms with E-state index < -0.39 is 18.2 Å². The summed E-state index contributed by atoms with van der Waals surface area (Å²) in [6.45, 7) is 0. The third-order valence-corrected chi connectivity index (χ3v) is 2.75. The Hall–Kier alpha value is -0.980. The van der Waals surface area contributed by atoms with E-state index in [-0.39, 0.29) is 6.42 Å². The maximum atomic E-state index is 10.4. The molecule has 1 rings (SSSR count). The lowest BCUT2D eigenvalue weighted by Gasteiger charge is -2.16. The fourth-order valence-corrected chi connectivity index (χ4v) is 1.83. The number of aliphatic hydroxyl groups is 2. The van der Waals surface area contributed by atoms with Gasteiger partial charge in [-0.3, -0.25) is 9.78 Å². The number of alkyl halides is 1. The van der Waals surface area contributed by atoms with E-state index in [1.54, 1.807) is 6.07 Å². The molecule has 0 spiro atoms. The lowest BCUT2D eigenvalue weighted by atomic mass is 10.0. The first-order valence-corrected chi connectivity index (χ1v) is 6.25. The molecule has 2 unspecified atom stereocenters. The van der Waals surface area contributed by atoms with Crippen LogP contribution in [0.3, 0.4) is 0 Å². The Balaban J connectivity index is 2.69. The minimum absolute atomic E-state index is 0.152. The fraction of sp³-hybridized carbons (Fsp3) is 0.455. The molecule has 94 valence electrons. The molecule has 0 saturated carbocycles. The summed E-state index contributed by atoms with van der Waals surface area (Å²) in [6.07, 6.45) is -0.195. The first-order valence-electron chi connectivity index (χ1n) is 5.13. The van der Waals surface area contributed by atoms with E-state index in [0.717, 1.165) is 0 Å². The summed E-state index contributed by atoms with van der Waals surface area (Å²) >= 11 is 3.18. The number of nitrogens with zero attached hydrogens (tertiary/aromatic N) is 1. The largest absolute Gasteiger partial charge is 0.481 e. The standard InChI is InChI=1S/C11H14BrNO4/c12-4-3-9(14)11(17)7-1-2-8(13-6-7)5-10(15)16/h1-2,6,9,11,14,17H,3-5H2,(H,15,16). The first kappa shape index (κ1) is 14.1. The Morgan fingerprint density at radius 2 is 2.12 bits per heavy atom. The van der Waals surface area contributed by atoms with Crippen LogP contribution in [-0.2, 0) is 11.2 Å². The van der Waals surface area contributed by atoms with Gasteiger partial charge in [0.2, 0.25) is 0 Å². The maximum absolute atomic E-state index is 10.4. The number of aliphatic carboxylic acids is 1. The second-order valence-corrected chi connectivity index (χ2v) is 4.44. The Morgan fingerprint density at radius 3 is 2.59 bits per heavy atom. The second-order valence-electron chi connectivity index (χ2n) is 3.64. The van der Waals surface area contributed by atoms with Crippen LogP contribution in [0.25, 0.3) is 0 Å². The van der Waals surface area contributed by atoms with Crippen LogP contribution in [0.15, 0.2) is 18.3 Å². The van der Waals surface area contributed by atoms with Gasteiger partial charge in [0.15, 0.2) is 0 Å². The van der Waals surface area contributed by atoms with Crippen molar-refractivity contribution in [1.82, 2.24) is 4.98 Å². The highest BCUT2D eigenvalue weighted by Gasteiger charge is 2.18. The molecule has 0 saturated heterocycles. The van der Waals surface area contributed by atoms with Crippen LogP contribution < -0.4 is 0 Å². The van der Waals surface area contributed by atoms with Crippen LogP contribution in [0.2, 0.25) is 0 Å². The predicted octanol–water partition coefficient (Wildman–Crippen LogP) is 0.888. The predicted molar refractivity (Wildman–Crippen MR) is 65.0 cm³/mol. The van der Waals surface area contributed by atoms with E-state index in [1.807, 2.05) is 0 Å². The summed E-state index contributed by atoms with van der Waals surface area (Å²) in [7, 11) is 0. The molecule has 0 aromatic carbocycles. The van der Waals surface area contributed by atoms with Crippen LogP contribution in [-0.4, -0.2) is 37.7 Å². The normalized spacial score (nSPS) is 14.3. The van der Waals surface area contributed by atoms with Gasteiger partial charge in [-0.25, -0.2) is 0 Å². The molecule has 0 aliphatic carbocycles. The van der Waals surface area contributed by atoms with Crippen molar-refractivity contribution in [3.8, 4) is 0 Å². The van der Waals surface area contributed by atoms with Crippen molar-refractivity contribution in [2.24, 2.45) is 0 Å². The SMILES string of the molecule is O=C(O)Cc1ccc(C(O)C(O)CCBr)cn1. The number of rotatable bonds is 6. The smallest absolute Gasteiger partial charge is 0.309 e. The zero-order valence-corrected chi connectivity index (χ0v) is 10.7. The quantitative estimate of drug-likeness (QED) is 0.679. The molecule has 0 aliphatic rings. The zero-order valence-electron chi connectivity index (χ0n) is 9.08. The van der Waals surface area contributed by atoms with Gasteiger partial charge in [0.25, 0.3) is 0 Å². The molecule has 0 bridgehead atoms. The third-order valence-electron chi connectivity index (χ3n) is 2.29. The van der Waals surface area contributed by atoms with Gasteiger partial charge in [-0.1, -0.05) is 22.0 Å². The highest BCUT2D eigenvalue weighted by molar-refractivity contribution is 9.09. The van der Waals surface area contributed by atoms with Crippen molar-refractivity contribution in [2.75, 3.05) is 5.33 Å². The van der Waals surface area contributed by atoms with Crippen molar-refractivity contribution in [3.05, 3.63) is 29.6 Å². The van der Waals surface area contributed by atoms with E-state index in [0.29, 0.717) is 23.0 Å². The molecule has 1 aromatic rings. The van der Waals surface area contributed by atoms with Gasteiger partial charge in [-0.15, -0.1) is 0 Å². The maximum Gasteiger partial charge on any atom is 0.309 e. The monoisotopic (exact) mass is 303 g/mol. The highest BCUT2D eigenvalue weighted by atomic mass is 79.9. The average molecular weight is 304 g/mol. The number of carboxylic acid groups (broad SMARTS) is 1. The summed E-state index contributed by atoms with van der Waals surface area (Å²) in [5, 5.41) is 28.5. The lowest BCUT2D eigenvalue weighted by molar-refractivity contribution is -0.136. The van der Waals surface area contributed by atoms with Gasteiger partial charge in [-0.05, 0) is 12.5 Å². The number of carboxylic acids is 1. The number of aromatic nitrogens is 1. The van der Waals surface area contributed by atoms with Crippen LogP contribution in [0.5, 0.6) is 0 Å². The van der Waals surface area contributed by atoms with Crippen molar-refractivity contribution >= 4 is 21.9 Å². The molecule has 0 radical (unpaired) electrons. The van der Waals surface area contributed by atoms with Crippen molar-refractivity contribution in [2.45, 2.75) is 25.0 Å². The van der Waals surface area contributed by atoms with Crippen molar-refractivity contribution in [3.63, 3.8) is 0 Å². The van der Waals surface area contributed by atoms with Crippen LogP contribution in [0.4, 0.5) is 0 Å². The summed E-state index contributed by atoms with van der Waals surface area (Å²) in [5.74, 6) is -0.954. The van der Waals surface area contributed by atoms with Gasteiger partial charge < -0.3 is 15.3 Å². The highest BCUT2D eigenvalue weighted by Crippen LogP contribution is 2.18. The molecule has 0 aliphatic heterocycles. The van der Waals surface area contributed by atoms with Crippen molar-refractivity contribution in [1.29, 1.82) is 0 Å². The topological polar surface area (TPSA) is 90.7 Å². The molecule has 2 atom stereocenters. The molecular weight excluding hydrogens is 290 g/mol. The van der Waals surface area contributed by atoms with Gasteiger partial charge in [0.05, 0.1) is 18.2 Å². The molecule has 17 heavy (non-hydrogen) atoms. The molecule has 1 heterocycles. The number of hydrogen-bond acceptors (Lipinski definition) is 4. The number of pyridine rings is 1. The van der Waals surface area contributed by atoms with Crippen molar-refractivity contribution < 1.29 is 20.1 Å². The average Bonchev–Trinajstić information content (AvgIpc) is 2.28. The molecule has 0 amide bonds. The molecule has 5 nitrogen and oxygen atoms in total. The summed E-state index contributed by atoms with van der Waals surface area (Å²) in [6, 6.07) is 3.11. The number of halogens is 1. The number of aliphatic hydroxyl groups excluding tert-OH is 2. The zero-order chi connectivity index (χ0) is 12.8. The van der Waals surface area contributed by atoms with E-state index >= 15 is 0 Å². The number of carbonyl (C=O) groups is 1. The Morgan fingerprint density at radius 1 is 1.41 bits per heavy atom. The van der Waals surface area contributed by atoms with Gasteiger partial charge in [0, 0.05) is 17.1 Å². The third kappa shape index (κ3) is 4.41. The van der Waals surface area contributed by atoms with E-state index in [1.165, 1.54) is 12.3 Å². The fourth-order valence-electron chi connectivity index (χ4n) is 1.36. The van der Waals surface area contributed by atoms with E-state index in [4.69, 9.17) is 5.11 Å². The molecular formula is C11H14BrNO4. The van der Waals surface area contributed by atoms with Crippen LogP contribution >= 0.6 is 15.9 Å². The van der Waals surface area contributed by atoms with Gasteiger partial charge >= 0.3 is 5.97 Å². The number of hydrogen-bond donors (Lipinski definition) is 3. The Labute approximate surface area is 107 Å². The van der Waals surface area contributed by atoms with Crippen LogP contribution in [0.1, 0.15) is 23.8 Å². The summed E-state index contributed by atoms with van der Waals surface area (Å²) in [5.41, 5.74) is 0.899.